The molecule has 1 N–H and O–H groups in total. The van der Waals surface area contributed by atoms with Crippen molar-refractivity contribution in [2.75, 3.05) is 52.5 Å². The number of esters is 2. The van der Waals surface area contributed by atoms with E-state index in [1.54, 1.807) is 12.1 Å². The predicted octanol–water partition coefficient (Wildman–Crippen LogP) is 7.84. The van der Waals surface area contributed by atoms with Crippen LogP contribution in [0.2, 0.25) is 0 Å². The van der Waals surface area contributed by atoms with Crippen LogP contribution in [0.25, 0.3) is 21.8 Å². The SMILES string of the molecule is CCOC(=O)C1(CCCn2c(=O)ccc3ccc(C)cc32)CCN(CCOc2ccccc2)CC1.CCOC(=O)C1(CCCn2c(=O)ccc3ccc(C)cc32)CCNCC1. The normalized spacial score (nSPS) is 16.1. The van der Waals surface area contributed by atoms with Gasteiger partial charge in [-0.3, -0.25) is 24.1 Å². The standard InChI is InChI=1S/C29H36N2O4.C21H28N2O3/c1-3-34-28(33)29(15-18-30(19-16-29)20-21-35-25-8-5-4-6-9-25)14-7-17-31-26-22-23(2)10-11-24(26)12-13-27(31)32;1-3-26-20(25)21(10-12-22-13-11-21)9-4-14-23-18-15-16(2)5-6-17(18)7-8-19(23)24/h4-6,8-13,22H,3,7,14-21H2,1-2H3;5-8,15,22H,3-4,9-14H2,1-2H3. The number of fused-ring (bicyclic) bond motifs is 2. The van der Waals surface area contributed by atoms with E-state index >= 15 is 0 Å². The van der Waals surface area contributed by atoms with Crippen molar-refractivity contribution < 1.29 is 23.8 Å². The molecule has 326 valence electrons. The molecule has 61 heavy (non-hydrogen) atoms. The van der Waals surface area contributed by atoms with Crippen molar-refractivity contribution in [3.8, 4) is 5.75 Å². The molecule has 7 rings (SSSR count). The number of rotatable bonds is 16. The number of benzene rings is 3. The summed E-state index contributed by atoms with van der Waals surface area (Å²) < 4.78 is 20.4. The zero-order valence-corrected chi connectivity index (χ0v) is 36.6. The van der Waals surface area contributed by atoms with Gasteiger partial charge in [-0.1, -0.05) is 42.5 Å². The minimum atomic E-state index is -0.489. The summed E-state index contributed by atoms with van der Waals surface area (Å²) in [5.74, 6) is 0.702. The monoisotopic (exact) mass is 832 g/mol. The molecule has 3 aromatic carbocycles. The number of piperidine rings is 2. The fourth-order valence-corrected chi connectivity index (χ4v) is 9.01. The van der Waals surface area contributed by atoms with Crippen LogP contribution >= 0.6 is 0 Å². The van der Waals surface area contributed by atoms with Crippen molar-refractivity contribution >= 4 is 33.7 Å². The van der Waals surface area contributed by atoms with Crippen molar-refractivity contribution in [2.24, 2.45) is 10.8 Å². The molecule has 2 fully saturated rings. The fraction of sp³-hybridized carbons (Fsp3) is 0.480. The number of nitrogens with zero attached hydrogens (tertiary/aromatic N) is 3. The van der Waals surface area contributed by atoms with Crippen LogP contribution < -0.4 is 21.2 Å². The lowest BCUT2D eigenvalue weighted by atomic mass is 9.74. The Morgan fingerprint density at radius 3 is 1.59 bits per heavy atom. The van der Waals surface area contributed by atoms with Gasteiger partial charge in [0.25, 0.3) is 11.1 Å². The van der Waals surface area contributed by atoms with Gasteiger partial charge in [0, 0.05) is 31.8 Å². The maximum atomic E-state index is 13.1. The highest BCUT2D eigenvalue weighted by Gasteiger charge is 2.42. The molecule has 0 amide bonds. The van der Waals surface area contributed by atoms with Gasteiger partial charge in [-0.25, -0.2) is 0 Å². The predicted molar refractivity (Wildman–Crippen MR) is 242 cm³/mol. The van der Waals surface area contributed by atoms with E-state index in [-0.39, 0.29) is 23.1 Å². The van der Waals surface area contributed by atoms with Crippen LogP contribution in [0.15, 0.2) is 101 Å². The fourth-order valence-electron chi connectivity index (χ4n) is 9.01. The van der Waals surface area contributed by atoms with E-state index in [9.17, 15) is 19.2 Å². The maximum Gasteiger partial charge on any atom is 0.312 e. The van der Waals surface area contributed by atoms with Gasteiger partial charge in [0.05, 0.1) is 35.1 Å². The molecule has 0 aliphatic carbocycles. The van der Waals surface area contributed by atoms with Crippen LogP contribution in [0, 0.1) is 24.7 Å². The summed E-state index contributed by atoms with van der Waals surface area (Å²) >= 11 is 0. The molecule has 0 atom stereocenters. The molecule has 0 bridgehead atoms. The highest BCUT2D eigenvalue weighted by molar-refractivity contribution is 5.81. The Bertz CT molecular complexity index is 2340. The second-order valence-corrected chi connectivity index (χ2v) is 16.7. The average molecular weight is 833 g/mol. The molecule has 0 saturated carbocycles. The first-order valence-electron chi connectivity index (χ1n) is 22.2. The highest BCUT2D eigenvalue weighted by atomic mass is 16.5. The lowest BCUT2D eigenvalue weighted by molar-refractivity contribution is -0.159. The minimum Gasteiger partial charge on any atom is -0.492 e. The van der Waals surface area contributed by atoms with Crippen molar-refractivity contribution in [3.63, 3.8) is 0 Å². The van der Waals surface area contributed by atoms with Gasteiger partial charge in [0.15, 0.2) is 0 Å². The average Bonchev–Trinajstić information content (AvgIpc) is 3.27. The van der Waals surface area contributed by atoms with Gasteiger partial charge in [-0.2, -0.15) is 0 Å². The number of ether oxygens (including phenoxy) is 3. The Morgan fingerprint density at radius 2 is 1.10 bits per heavy atom. The number of pyridine rings is 2. The quantitative estimate of drug-likeness (QED) is 0.0992. The Kier molecular flexibility index (Phi) is 16.0. The molecule has 11 nitrogen and oxygen atoms in total. The van der Waals surface area contributed by atoms with Crippen molar-refractivity contribution in [2.45, 2.75) is 92.2 Å². The molecule has 0 radical (unpaired) electrons. The summed E-state index contributed by atoms with van der Waals surface area (Å²) in [5.41, 5.74) is 3.30. The zero-order chi connectivity index (χ0) is 43.2. The molecular weight excluding hydrogens is 769 g/mol. The summed E-state index contributed by atoms with van der Waals surface area (Å²) in [6, 6.07) is 29.2. The van der Waals surface area contributed by atoms with Gasteiger partial charge in [0.1, 0.15) is 12.4 Å². The third kappa shape index (κ3) is 11.6. The van der Waals surface area contributed by atoms with E-state index in [0.29, 0.717) is 32.9 Å². The summed E-state index contributed by atoms with van der Waals surface area (Å²) in [4.78, 5) is 53.0. The van der Waals surface area contributed by atoms with Crippen molar-refractivity contribution in [3.05, 3.63) is 123 Å². The van der Waals surface area contributed by atoms with Crippen LogP contribution in [0.4, 0.5) is 0 Å². The third-order valence-electron chi connectivity index (χ3n) is 12.6. The van der Waals surface area contributed by atoms with E-state index < -0.39 is 10.8 Å². The van der Waals surface area contributed by atoms with Crippen LogP contribution in [0.5, 0.6) is 5.75 Å². The molecule has 2 aliphatic rings. The van der Waals surface area contributed by atoms with E-state index in [1.807, 2.05) is 85.4 Å². The highest BCUT2D eigenvalue weighted by Crippen LogP contribution is 2.38. The van der Waals surface area contributed by atoms with Crippen LogP contribution in [0.1, 0.15) is 76.3 Å². The summed E-state index contributed by atoms with van der Waals surface area (Å²) in [5, 5.41) is 5.44. The molecule has 2 aromatic heterocycles. The first kappa shape index (κ1) is 45.3. The summed E-state index contributed by atoms with van der Waals surface area (Å²) in [6.45, 7) is 14.6. The molecule has 11 heteroatoms. The Labute approximate surface area is 360 Å². The van der Waals surface area contributed by atoms with E-state index in [4.69, 9.17) is 14.2 Å². The second kappa shape index (κ2) is 21.5. The minimum absolute atomic E-state index is 0.00141. The molecule has 2 aliphatic heterocycles. The number of hydrogen-bond donors (Lipinski definition) is 1. The number of carbonyl (C=O) groups is 2. The number of likely N-dealkylation sites (tertiary alicyclic amines) is 1. The molecule has 4 heterocycles. The smallest absolute Gasteiger partial charge is 0.312 e. The lowest BCUT2D eigenvalue weighted by Gasteiger charge is -2.40. The van der Waals surface area contributed by atoms with Crippen LogP contribution in [-0.2, 0) is 32.2 Å². The number of aryl methyl sites for hydroxylation is 4. The van der Waals surface area contributed by atoms with Gasteiger partial charge in [0.2, 0.25) is 0 Å². The van der Waals surface area contributed by atoms with E-state index in [2.05, 4.69) is 40.5 Å². The van der Waals surface area contributed by atoms with Crippen LogP contribution in [0.3, 0.4) is 0 Å². The Balaban J connectivity index is 0.000000213. The Hall–Kier alpha value is -5.26. The largest absolute Gasteiger partial charge is 0.492 e. The number of aromatic nitrogens is 2. The topological polar surface area (TPSA) is 121 Å². The number of hydrogen-bond acceptors (Lipinski definition) is 9. The molecule has 2 saturated heterocycles. The summed E-state index contributed by atoms with van der Waals surface area (Å²) in [6.07, 6.45) is 6.14. The number of carbonyl (C=O) groups excluding carboxylic acids is 2. The molecular formula is C50H64N4O7. The van der Waals surface area contributed by atoms with Crippen molar-refractivity contribution in [1.29, 1.82) is 0 Å². The summed E-state index contributed by atoms with van der Waals surface area (Å²) in [7, 11) is 0. The zero-order valence-electron chi connectivity index (χ0n) is 36.6. The first-order chi connectivity index (χ1) is 29.6. The Morgan fingerprint density at radius 1 is 0.623 bits per heavy atom. The molecule has 5 aromatic rings. The van der Waals surface area contributed by atoms with Gasteiger partial charge >= 0.3 is 11.9 Å². The molecule has 0 unspecified atom stereocenters. The maximum absolute atomic E-state index is 13.1. The number of para-hydroxylation sites is 1. The molecule has 0 spiro atoms. The first-order valence-corrected chi connectivity index (χ1v) is 22.2. The van der Waals surface area contributed by atoms with E-state index in [0.717, 1.165) is 123 Å². The van der Waals surface area contributed by atoms with Gasteiger partial charge in [-0.15, -0.1) is 0 Å². The lowest BCUT2D eigenvalue weighted by Crippen LogP contribution is -2.46. The van der Waals surface area contributed by atoms with Gasteiger partial charge < -0.3 is 28.7 Å². The second-order valence-electron chi connectivity index (χ2n) is 16.7. The van der Waals surface area contributed by atoms with Gasteiger partial charge in [-0.05, 0) is 164 Å². The van der Waals surface area contributed by atoms with E-state index in [1.165, 1.54) is 0 Å². The third-order valence-corrected chi connectivity index (χ3v) is 12.6. The van der Waals surface area contributed by atoms with Crippen LogP contribution in [-0.4, -0.2) is 78.5 Å². The number of nitrogens with one attached hydrogen (secondary N) is 1. The van der Waals surface area contributed by atoms with Crippen molar-refractivity contribution in [1.82, 2.24) is 19.4 Å².